The van der Waals surface area contributed by atoms with E-state index in [1.54, 1.807) is 42.5 Å². The summed E-state index contributed by atoms with van der Waals surface area (Å²) in [6.07, 6.45) is 0. The number of aryl methyl sites for hydroxylation is 1. The van der Waals surface area contributed by atoms with Gasteiger partial charge in [0.25, 0.3) is 10.0 Å². The van der Waals surface area contributed by atoms with Crippen molar-refractivity contribution in [3.8, 4) is 0 Å². The zero-order chi connectivity index (χ0) is 15.6. The number of sulfonamides is 1. The highest BCUT2D eigenvalue weighted by molar-refractivity contribution is 7.92. The van der Waals surface area contributed by atoms with Crippen molar-refractivity contribution >= 4 is 33.0 Å². The van der Waals surface area contributed by atoms with Crippen molar-refractivity contribution in [2.24, 2.45) is 0 Å². The molecule has 0 bridgehead atoms. The molecule has 6 heteroatoms. The summed E-state index contributed by atoms with van der Waals surface area (Å²) in [7, 11) is 0.143. The monoisotopic (exact) mass is 324 g/mol. The van der Waals surface area contributed by atoms with E-state index in [9.17, 15) is 8.42 Å². The molecule has 0 heterocycles. The molecule has 0 saturated carbocycles. The second-order valence-electron chi connectivity index (χ2n) is 4.98. The molecule has 4 nitrogen and oxygen atoms in total. The van der Waals surface area contributed by atoms with Gasteiger partial charge in [-0.2, -0.15) is 0 Å². The minimum Gasteiger partial charge on any atom is -0.376 e. The molecule has 0 spiro atoms. The SMILES string of the molecule is Cc1ccc(S(=O)(=O)Nc2ccc(N(C)C)c(Cl)c2)cc1. The highest BCUT2D eigenvalue weighted by Crippen LogP contribution is 2.28. The van der Waals surface area contributed by atoms with Crippen LogP contribution in [-0.4, -0.2) is 22.5 Å². The molecule has 0 radical (unpaired) electrons. The summed E-state index contributed by atoms with van der Waals surface area (Å²) in [5.74, 6) is 0. The number of nitrogens with one attached hydrogen (secondary N) is 1. The first-order chi connectivity index (χ1) is 9.79. The number of nitrogens with zero attached hydrogens (tertiary/aromatic N) is 1. The molecular formula is C15H17ClN2O2S. The maximum atomic E-state index is 12.3. The third kappa shape index (κ3) is 3.68. The van der Waals surface area contributed by atoms with Crippen LogP contribution >= 0.6 is 11.6 Å². The van der Waals surface area contributed by atoms with Gasteiger partial charge in [-0.05, 0) is 37.3 Å². The topological polar surface area (TPSA) is 49.4 Å². The Morgan fingerprint density at radius 3 is 2.19 bits per heavy atom. The fraction of sp³-hybridized carbons (Fsp3) is 0.200. The third-order valence-corrected chi connectivity index (χ3v) is 4.71. The van der Waals surface area contributed by atoms with Gasteiger partial charge in [-0.15, -0.1) is 0 Å². The standard InChI is InChI=1S/C15H17ClN2O2S/c1-11-4-7-13(8-5-11)21(19,20)17-12-6-9-15(18(2)3)14(16)10-12/h4-10,17H,1-3H3. The number of anilines is 2. The van der Waals surface area contributed by atoms with Crippen LogP contribution in [0.5, 0.6) is 0 Å². The summed E-state index contributed by atoms with van der Waals surface area (Å²) in [5, 5.41) is 0.490. The summed E-state index contributed by atoms with van der Waals surface area (Å²) in [4.78, 5) is 2.08. The van der Waals surface area contributed by atoms with Crippen molar-refractivity contribution < 1.29 is 8.42 Å². The molecule has 21 heavy (non-hydrogen) atoms. The molecule has 2 aromatic carbocycles. The first-order valence-electron chi connectivity index (χ1n) is 6.36. The van der Waals surface area contributed by atoms with Gasteiger partial charge in [0, 0.05) is 14.1 Å². The van der Waals surface area contributed by atoms with Crippen molar-refractivity contribution in [3.63, 3.8) is 0 Å². The van der Waals surface area contributed by atoms with E-state index in [1.807, 2.05) is 25.9 Å². The molecule has 0 aliphatic rings. The second-order valence-corrected chi connectivity index (χ2v) is 7.07. The fourth-order valence-electron chi connectivity index (χ4n) is 1.86. The molecular weight excluding hydrogens is 308 g/mol. The zero-order valence-electron chi connectivity index (χ0n) is 12.1. The van der Waals surface area contributed by atoms with Crippen LogP contribution < -0.4 is 9.62 Å². The molecule has 1 N–H and O–H groups in total. The van der Waals surface area contributed by atoms with Gasteiger partial charge in [-0.25, -0.2) is 8.42 Å². The molecule has 2 rings (SSSR count). The van der Waals surface area contributed by atoms with Crippen molar-refractivity contribution in [1.29, 1.82) is 0 Å². The summed E-state index contributed by atoms with van der Waals surface area (Å²) >= 11 is 6.14. The fourth-order valence-corrected chi connectivity index (χ4v) is 3.26. The summed E-state index contributed by atoms with van der Waals surface area (Å²) in [6.45, 7) is 1.91. The average Bonchev–Trinajstić information content (AvgIpc) is 2.38. The minimum absolute atomic E-state index is 0.223. The molecule has 0 aromatic heterocycles. The van der Waals surface area contributed by atoms with E-state index in [-0.39, 0.29) is 4.90 Å². The second kappa shape index (κ2) is 5.95. The van der Waals surface area contributed by atoms with Crippen LogP contribution in [0.3, 0.4) is 0 Å². The van der Waals surface area contributed by atoms with E-state index < -0.39 is 10.0 Å². The number of hydrogen-bond acceptors (Lipinski definition) is 3. The highest BCUT2D eigenvalue weighted by atomic mass is 35.5. The Morgan fingerprint density at radius 1 is 1.05 bits per heavy atom. The van der Waals surface area contributed by atoms with Crippen molar-refractivity contribution in [2.75, 3.05) is 23.7 Å². The van der Waals surface area contributed by atoms with E-state index in [1.165, 1.54) is 0 Å². The van der Waals surface area contributed by atoms with Gasteiger partial charge in [-0.3, -0.25) is 4.72 Å². The molecule has 0 aliphatic carbocycles. The lowest BCUT2D eigenvalue weighted by Crippen LogP contribution is -2.13. The lowest BCUT2D eigenvalue weighted by molar-refractivity contribution is 0.601. The van der Waals surface area contributed by atoms with Gasteiger partial charge in [0.2, 0.25) is 0 Å². The van der Waals surface area contributed by atoms with E-state index in [0.717, 1.165) is 11.3 Å². The average molecular weight is 325 g/mol. The first-order valence-corrected chi connectivity index (χ1v) is 8.22. The Morgan fingerprint density at radius 2 is 1.67 bits per heavy atom. The summed E-state index contributed by atoms with van der Waals surface area (Å²) < 4.78 is 27.1. The lowest BCUT2D eigenvalue weighted by Gasteiger charge is -2.15. The van der Waals surface area contributed by atoms with Gasteiger partial charge >= 0.3 is 0 Å². The summed E-state index contributed by atoms with van der Waals surface area (Å²) in [5.41, 5.74) is 2.27. The molecule has 112 valence electrons. The van der Waals surface area contributed by atoms with E-state index in [4.69, 9.17) is 11.6 Å². The van der Waals surface area contributed by atoms with E-state index >= 15 is 0 Å². The van der Waals surface area contributed by atoms with Crippen molar-refractivity contribution in [2.45, 2.75) is 11.8 Å². The quantitative estimate of drug-likeness (QED) is 0.936. The molecule has 0 unspecified atom stereocenters. The van der Waals surface area contributed by atoms with Gasteiger partial charge in [0.15, 0.2) is 0 Å². The van der Waals surface area contributed by atoms with Crippen molar-refractivity contribution in [3.05, 3.63) is 53.1 Å². The number of hydrogen-bond donors (Lipinski definition) is 1. The molecule has 0 saturated heterocycles. The Labute approximate surface area is 130 Å². The normalized spacial score (nSPS) is 11.2. The predicted octanol–water partition coefficient (Wildman–Crippen LogP) is 3.52. The number of benzene rings is 2. The van der Waals surface area contributed by atoms with E-state index in [2.05, 4.69) is 4.72 Å². The largest absolute Gasteiger partial charge is 0.376 e. The Hall–Kier alpha value is -1.72. The lowest BCUT2D eigenvalue weighted by atomic mass is 10.2. The first kappa shape index (κ1) is 15.7. The molecule has 2 aromatic rings. The van der Waals surface area contributed by atoms with Gasteiger partial charge in [0.05, 0.1) is 21.3 Å². The van der Waals surface area contributed by atoms with Crippen LogP contribution in [0.2, 0.25) is 5.02 Å². The molecule has 0 atom stereocenters. The maximum absolute atomic E-state index is 12.3. The van der Waals surface area contributed by atoms with Crippen LogP contribution in [0.25, 0.3) is 0 Å². The Kier molecular flexibility index (Phi) is 4.44. The van der Waals surface area contributed by atoms with Crippen molar-refractivity contribution in [1.82, 2.24) is 0 Å². The summed E-state index contributed by atoms with van der Waals surface area (Å²) in [6, 6.07) is 11.7. The van der Waals surface area contributed by atoms with Crippen LogP contribution in [0, 0.1) is 6.92 Å². The van der Waals surface area contributed by atoms with Crippen LogP contribution in [0.15, 0.2) is 47.4 Å². The smallest absolute Gasteiger partial charge is 0.261 e. The Balaban J connectivity index is 2.29. The highest BCUT2D eigenvalue weighted by Gasteiger charge is 2.14. The third-order valence-electron chi connectivity index (χ3n) is 3.01. The van der Waals surface area contributed by atoms with Gasteiger partial charge in [0.1, 0.15) is 0 Å². The molecule has 0 fully saturated rings. The molecule has 0 aliphatic heterocycles. The number of rotatable bonds is 4. The predicted molar refractivity (Wildman–Crippen MR) is 87.8 cm³/mol. The van der Waals surface area contributed by atoms with Gasteiger partial charge < -0.3 is 4.90 Å². The molecule has 0 amide bonds. The Bertz CT molecular complexity index is 741. The van der Waals surface area contributed by atoms with Crippen LogP contribution in [-0.2, 0) is 10.0 Å². The zero-order valence-corrected chi connectivity index (χ0v) is 13.7. The number of halogens is 1. The van der Waals surface area contributed by atoms with E-state index in [0.29, 0.717) is 10.7 Å². The maximum Gasteiger partial charge on any atom is 0.261 e. The van der Waals surface area contributed by atoms with Crippen LogP contribution in [0.4, 0.5) is 11.4 Å². The van der Waals surface area contributed by atoms with Crippen LogP contribution in [0.1, 0.15) is 5.56 Å². The van der Waals surface area contributed by atoms with Gasteiger partial charge in [-0.1, -0.05) is 29.3 Å². The minimum atomic E-state index is -3.60.